The molecule has 0 radical (unpaired) electrons. The van der Waals surface area contributed by atoms with Crippen LogP contribution in [0.4, 0.5) is 18.9 Å². The minimum absolute atomic E-state index is 0.00366. The number of carbonyl (C=O) groups excluding carboxylic acids is 1. The van der Waals surface area contributed by atoms with Crippen LogP contribution in [0.2, 0.25) is 0 Å². The van der Waals surface area contributed by atoms with Crippen molar-refractivity contribution in [2.45, 2.75) is 25.6 Å². The predicted molar refractivity (Wildman–Crippen MR) is 136 cm³/mol. The van der Waals surface area contributed by atoms with E-state index in [-0.39, 0.29) is 10.8 Å². The number of nitrogens with zero attached hydrogens (tertiary/aromatic N) is 5. The first-order chi connectivity index (χ1) is 16.4. The molecule has 1 amide bonds. The van der Waals surface area contributed by atoms with Gasteiger partial charge in [0.05, 0.1) is 22.9 Å². The van der Waals surface area contributed by atoms with E-state index in [1.165, 1.54) is 6.07 Å². The van der Waals surface area contributed by atoms with Crippen molar-refractivity contribution in [2.24, 2.45) is 0 Å². The molecule has 12 heteroatoms. The lowest BCUT2D eigenvalue weighted by Gasteiger charge is -2.38. The lowest BCUT2D eigenvalue weighted by atomic mass is 10.0. The summed E-state index contributed by atoms with van der Waals surface area (Å²) in [5.74, 6) is -0.413. The normalized spacial score (nSPS) is 18.6. The van der Waals surface area contributed by atoms with Crippen LogP contribution in [-0.2, 0) is 11.0 Å². The summed E-state index contributed by atoms with van der Waals surface area (Å²) in [7, 11) is 0. The molecule has 7 nitrogen and oxygen atoms in total. The molecule has 2 saturated heterocycles. The number of benzene rings is 1. The lowest BCUT2D eigenvalue weighted by molar-refractivity contribution is -0.137. The van der Waals surface area contributed by atoms with Crippen molar-refractivity contribution in [3.05, 3.63) is 42.0 Å². The number of anilines is 1. The Balaban J connectivity index is 1.70. The topological polar surface area (TPSA) is 65.8 Å². The summed E-state index contributed by atoms with van der Waals surface area (Å²) in [5, 5.41) is 13.0. The molecule has 188 valence electrons. The van der Waals surface area contributed by atoms with Crippen LogP contribution in [0, 0.1) is 11.3 Å². The molecule has 3 rings (SSSR count). The molecule has 0 atom stereocenters. The van der Waals surface area contributed by atoms with E-state index in [9.17, 15) is 18.0 Å². The van der Waals surface area contributed by atoms with Crippen molar-refractivity contribution in [3.8, 4) is 6.07 Å². The molecule has 2 fully saturated rings. The Kier molecular flexibility index (Phi) is 8.03. The average Bonchev–Trinajstić information content (AvgIpc) is 2.98. The maximum atomic E-state index is 13.5. The molecule has 0 saturated carbocycles. The molecule has 2 aliphatic heterocycles. The van der Waals surface area contributed by atoms with Crippen molar-refractivity contribution in [3.63, 3.8) is 0 Å². The van der Waals surface area contributed by atoms with E-state index < -0.39 is 28.7 Å². The summed E-state index contributed by atoms with van der Waals surface area (Å²) in [4.78, 5) is 20.4. The van der Waals surface area contributed by atoms with Gasteiger partial charge in [-0.15, -0.1) is 6.58 Å². The Labute approximate surface area is 213 Å². The molecule has 0 spiro atoms. The maximum absolute atomic E-state index is 13.5. The summed E-state index contributed by atoms with van der Waals surface area (Å²) in [6.07, 6.45) is -2.98. The second kappa shape index (κ2) is 10.5. The third-order valence-corrected chi connectivity index (χ3v) is 7.01. The zero-order chi connectivity index (χ0) is 26.0. The number of hydrogen-bond acceptors (Lipinski definition) is 5. The summed E-state index contributed by atoms with van der Waals surface area (Å²) >= 11 is 10.9. The Bertz CT molecular complexity index is 1060. The number of halogens is 3. The van der Waals surface area contributed by atoms with Crippen LogP contribution in [0.3, 0.4) is 0 Å². The van der Waals surface area contributed by atoms with Gasteiger partial charge in [-0.1, -0.05) is 6.08 Å². The molecule has 0 bridgehead atoms. The Morgan fingerprint density at radius 3 is 2.49 bits per heavy atom. The van der Waals surface area contributed by atoms with Crippen LogP contribution >= 0.6 is 24.4 Å². The Hall–Kier alpha value is -2.75. The van der Waals surface area contributed by atoms with Gasteiger partial charge in [-0.3, -0.25) is 14.6 Å². The highest BCUT2D eigenvalue weighted by molar-refractivity contribution is 7.80. The minimum Gasteiger partial charge on any atom is -0.359 e. The van der Waals surface area contributed by atoms with Crippen molar-refractivity contribution in [1.29, 1.82) is 5.26 Å². The molecule has 1 N–H and O–H groups in total. The van der Waals surface area contributed by atoms with Gasteiger partial charge in [-0.2, -0.15) is 18.4 Å². The number of hydrogen-bond donors (Lipinski definition) is 1. The first-order valence-electron chi connectivity index (χ1n) is 11.1. The van der Waals surface area contributed by atoms with E-state index in [0.717, 1.165) is 43.2 Å². The van der Waals surface area contributed by atoms with Crippen LogP contribution in [-0.4, -0.2) is 82.2 Å². The van der Waals surface area contributed by atoms with E-state index in [2.05, 4.69) is 21.7 Å². The number of rotatable bonds is 6. The van der Waals surface area contributed by atoms with Gasteiger partial charge >= 0.3 is 6.18 Å². The van der Waals surface area contributed by atoms with Crippen LogP contribution in [0.5, 0.6) is 0 Å². The fraction of sp³-hybridized carbons (Fsp3) is 0.478. The standard InChI is InChI=1S/C23H27F3N6OS2/c1-4-7-28-20(34)30-11-8-29(9-12-30)10-13-31-21(35)32(19(33)22(31,2)3)17-6-5-16(15-27)18(14-17)23(24,25)26/h4-6,14H,1,7-13H2,2-3H3,(H,28,34). The van der Waals surface area contributed by atoms with Crippen LogP contribution < -0.4 is 10.2 Å². The number of piperazine rings is 1. The fourth-order valence-electron chi connectivity index (χ4n) is 4.13. The molecule has 0 aromatic heterocycles. The van der Waals surface area contributed by atoms with E-state index in [0.29, 0.717) is 24.7 Å². The van der Waals surface area contributed by atoms with Crippen LogP contribution in [0.1, 0.15) is 25.0 Å². The van der Waals surface area contributed by atoms with Gasteiger partial charge in [0.1, 0.15) is 5.54 Å². The van der Waals surface area contributed by atoms with Gasteiger partial charge in [0.2, 0.25) is 0 Å². The second-order valence-electron chi connectivity index (χ2n) is 8.78. The third-order valence-electron chi connectivity index (χ3n) is 6.21. The highest BCUT2D eigenvalue weighted by atomic mass is 32.1. The average molecular weight is 525 g/mol. The van der Waals surface area contributed by atoms with Crippen molar-refractivity contribution >= 4 is 46.3 Å². The van der Waals surface area contributed by atoms with Crippen molar-refractivity contribution in [2.75, 3.05) is 50.7 Å². The highest BCUT2D eigenvalue weighted by Crippen LogP contribution is 2.37. The number of thiocarbonyl (C=S) groups is 2. The van der Waals surface area contributed by atoms with Gasteiger partial charge in [0.15, 0.2) is 10.2 Å². The van der Waals surface area contributed by atoms with Crippen molar-refractivity contribution in [1.82, 2.24) is 20.0 Å². The largest absolute Gasteiger partial charge is 0.417 e. The molecule has 0 aliphatic carbocycles. The van der Waals surface area contributed by atoms with Gasteiger partial charge in [-0.25, -0.2) is 0 Å². The van der Waals surface area contributed by atoms with Gasteiger partial charge in [0, 0.05) is 45.8 Å². The number of nitrogens with one attached hydrogen (secondary N) is 1. The summed E-state index contributed by atoms with van der Waals surface area (Å²) < 4.78 is 40.4. The van der Waals surface area contributed by atoms with Gasteiger partial charge in [0.25, 0.3) is 5.91 Å². The zero-order valence-corrected chi connectivity index (χ0v) is 21.2. The third kappa shape index (κ3) is 5.58. The quantitative estimate of drug-likeness (QED) is 0.450. The Morgan fingerprint density at radius 2 is 1.91 bits per heavy atom. The number of alkyl halides is 3. The minimum atomic E-state index is -4.73. The SMILES string of the molecule is C=CCNC(=S)N1CCN(CCN2C(=S)N(c3ccc(C#N)c(C(F)(F)F)c3)C(=O)C2(C)C)CC1. The second-order valence-corrected chi connectivity index (χ2v) is 9.53. The first-order valence-corrected chi connectivity index (χ1v) is 11.9. The van der Waals surface area contributed by atoms with E-state index in [4.69, 9.17) is 29.7 Å². The highest BCUT2D eigenvalue weighted by Gasteiger charge is 2.49. The Morgan fingerprint density at radius 1 is 1.26 bits per heavy atom. The van der Waals surface area contributed by atoms with E-state index in [1.807, 2.05) is 0 Å². The zero-order valence-electron chi connectivity index (χ0n) is 19.6. The van der Waals surface area contributed by atoms with Gasteiger partial charge < -0.3 is 15.1 Å². The number of nitriles is 1. The summed E-state index contributed by atoms with van der Waals surface area (Å²) in [6, 6.07) is 4.75. The number of amides is 1. The van der Waals surface area contributed by atoms with Crippen LogP contribution in [0.15, 0.2) is 30.9 Å². The predicted octanol–water partition coefficient (Wildman–Crippen LogP) is 2.97. The summed E-state index contributed by atoms with van der Waals surface area (Å²) in [5.41, 5.74) is -2.63. The number of carbonyl (C=O) groups is 1. The van der Waals surface area contributed by atoms with E-state index in [1.54, 1.807) is 30.9 Å². The molecular weight excluding hydrogens is 497 g/mol. The van der Waals surface area contributed by atoms with Gasteiger partial charge in [-0.05, 0) is 56.5 Å². The molecule has 0 unspecified atom stereocenters. The molecule has 1 aromatic carbocycles. The first kappa shape index (κ1) is 26.8. The molecule has 2 heterocycles. The monoisotopic (exact) mass is 524 g/mol. The molecule has 2 aliphatic rings. The van der Waals surface area contributed by atoms with Crippen LogP contribution in [0.25, 0.3) is 0 Å². The lowest BCUT2D eigenvalue weighted by Crippen LogP contribution is -2.54. The molecule has 35 heavy (non-hydrogen) atoms. The smallest absolute Gasteiger partial charge is 0.359 e. The molecule has 1 aromatic rings. The summed E-state index contributed by atoms with van der Waals surface area (Å²) in [6.45, 7) is 11.8. The van der Waals surface area contributed by atoms with E-state index >= 15 is 0 Å². The van der Waals surface area contributed by atoms with Crippen molar-refractivity contribution < 1.29 is 18.0 Å². The molecular formula is C23H27F3N6OS2. The maximum Gasteiger partial charge on any atom is 0.417 e. The fourth-order valence-corrected chi connectivity index (χ4v) is 4.90.